The number of ether oxygens (including phenoxy) is 7. The van der Waals surface area contributed by atoms with Crippen LogP contribution in [0.25, 0.3) is 6.08 Å². The molecular weight excluding hydrogens is 632 g/mol. The van der Waals surface area contributed by atoms with E-state index in [1.54, 1.807) is 55.8 Å². The second kappa shape index (κ2) is 13.3. The number of methoxy groups -OCH3 is 7. The summed E-state index contributed by atoms with van der Waals surface area (Å²) in [5, 5.41) is 0. The Hall–Kier alpha value is -5.63. The molecular formula is C42H40O8. The van der Waals surface area contributed by atoms with Crippen molar-refractivity contribution in [2.75, 3.05) is 49.8 Å². The molecule has 4 atom stereocenters. The van der Waals surface area contributed by atoms with Crippen molar-refractivity contribution in [1.82, 2.24) is 0 Å². The second-order valence-electron chi connectivity index (χ2n) is 12.5. The van der Waals surface area contributed by atoms with Crippen LogP contribution in [0.4, 0.5) is 0 Å². The number of fused-ring (bicyclic) bond motifs is 1. The number of benzene rings is 4. The van der Waals surface area contributed by atoms with Gasteiger partial charge in [0.15, 0.2) is 5.78 Å². The Labute approximate surface area is 292 Å². The van der Waals surface area contributed by atoms with E-state index >= 15 is 0 Å². The molecule has 4 aromatic rings. The maximum Gasteiger partial charge on any atom is 0.189 e. The minimum Gasteiger partial charge on any atom is -0.497 e. The van der Waals surface area contributed by atoms with Gasteiger partial charge in [-0.15, -0.1) is 0 Å². The Morgan fingerprint density at radius 1 is 0.460 bits per heavy atom. The van der Waals surface area contributed by atoms with Crippen LogP contribution in [0, 0.1) is 5.92 Å². The zero-order chi connectivity index (χ0) is 35.1. The molecule has 0 spiro atoms. The van der Waals surface area contributed by atoms with Crippen LogP contribution in [-0.2, 0) is 9.53 Å². The number of ketones is 1. The van der Waals surface area contributed by atoms with E-state index in [-0.39, 0.29) is 29.5 Å². The Balaban J connectivity index is 1.62. The van der Waals surface area contributed by atoms with Gasteiger partial charge < -0.3 is 33.2 Å². The lowest BCUT2D eigenvalue weighted by Gasteiger charge is -2.35. The summed E-state index contributed by atoms with van der Waals surface area (Å²) in [6, 6.07) is 26.3. The van der Waals surface area contributed by atoms with Crippen molar-refractivity contribution in [3.63, 3.8) is 0 Å². The number of hydrogen-bond acceptors (Lipinski definition) is 8. The van der Waals surface area contributed by atoms with Crippen LogP contribution in [0.5, 0.6) is 34.5 Å². The molecule has 3 aliphatic rings. The smallest absolute Gasteiger partial charge is 0.189 e. The summed E-state index contributed by atoms with van der Waals surface area (Å²) in [7, 11) is 11.6. The van der Waals surface area contributed by atoms with Crippen LogP contribution in [0.2, 0.25) is 0 Å². The molecule has 0 radical (unpaired) electrons. The SMILES string of the molecule is COC1=CC(=O)C2=Cc3cc(OC)cc(OC)c3[C@H](c3ccc(OC)cc3)[C@@H]3C2=C1[C@@H](c1cc(OC)cc(OC)c1)[C@@H]3c1ccc(OC)cc1. The lowest BCUT2D eigenvalue weighted by molar-refractivity contribution is -0.111. The molecule has 50 heavy (non-hydrogen) atoms. The molecule has 0 aromatic heterocycles. The van der Waals surface area contributed by atoms with Gasteiger partial charge in [-0.25, -0.2) is 0 Å². The third kappa shape index (κ3) is 5.35. The molecule has 0 saturated heterocycles. The van der Waals surface area contributed by atoms with Crippen LogP contribution in [0.1, 0.15) is 45.6 Å². The summed E-state index contributed by atoms with van der Waals surface area (Å²) in [5.41, 5.74) is 7.44. The topological polar surface area (TPSA) is 81.7 Å². The van der Waals surface area contributed by atoms with E-state index in [2.05, 4.69) is 36.4 Å². The Morgan fingerprint density at radius 3 is 1.56 bits per heavy atom. The first-order valence-electron chi connectivity index (χ1n) is 16.4. The summed E-state index contributed by atoms with van der Waals surface area (Å²) < 4.78 is 40.7. The molecule has 4 aromatic carbocycles. The predicted octanol–water partition coefficient (Wildman–Crippen LogP) is 7.87. The average molecular weight is 673 g/mol. The van der Waals surface area contributed by atoms with Gasteiger partial charge in [0, 0.05) is 58.6 Å². The van der Waals surface area contributed by atoms with E-state index in [4.69, 9.17) is 33.2 Å². The molecule has 256 valence electrons. The quantitative estimate of drug-likeness (QED) is 0.168. The number of rotatable bonds is 10. The molecule has 3 aliphatic carbocycles. The second-order valence-corrected chi connectivity index (χ2v) is 12.5. The van der Waals surface area contributed by atoms with Crippen LogP contribution in [0.15, 0.2) is 107 Å². The van der Waals surface area contributed by atoms with E-state index in [0.717, 1.165) is 50.5 Å². The first-order valence-corrected chi connectivity index (χ1v) is 16.4. The molecule has 0 aliphatic heterocycles. The van der Waals surface area contributed by atoms with Crippen LogP contribution < -0.4 is 28.4 Å². The fourth-order valence-corrected chi connectivity index (χ4v) is 8.11. The van der Waals surface area contributed by atoms with Crippen molar-refractivity contribution < 1.29 is 38.0 Å². The summed E-state index contributed by atoms with van der Waals surface area (Å²) >= 11 is 0. The molecule has 0 bridgehead atoms. The highest BCUT2D eigenvalue weighted by Crippen LogP contribution is 2.65. The van der Waals surface area contributed by atoms with Gasteiger partial charge in [0.2, 0.25) is 0 Å². The number of carbonyl (C=O) groups excluding carboxylic acids is 1. The van der Waals surface area contributed by atoms with Crippen molar-refractivity contribution >= 4 is 11.9 Å². The first kappa shape index (κ1) is 32.9. The molecule has 0 unspecified atom stereocenters. The van der Waals surface area contributed by atoms with E-state index in [1.807, 2.05) is 48.5 Å². The normalized spacial score (nSPS) is 20.5. The number of carbonyl (C=O) groups is 1. The predicted molar refractivity (Wildman–Crippen MR) is 191 cm³/mol. The minimum atomic E-state index is -0.274. The lowest BCUT2D eigenvalue weighted by atomic mass is 9.68. The molecule has 7 rings (SSSR count). The maximum absolute atomic E-state index is 14.3. The van der Waals surface area contributed by atoms with Gasteiger partial charge in [-0.05, 0) is 76.4 Å². The fraction of sp³-hybridized carbons (Fsp3) is 0.262. The zero-order valence-corrected chi connectivity index (χ0v) is 29.2. The van der Waals surface area contributed by atoms with Gasteiger partial charge in [-0.1, -0.05) is 24.3 Å². The number of allylic oxidation sites excluding steroid dienone is 4. The highest BCUT2D eigenvalue weighted by Gasteiger charge is 2.54. The zero-order valence-electron chi connectivity index (χ0n) is 29.2. The third-order valence-electron chi connectivity index (χ3n) is 10.3. The standard InChI is InChI=1S/C42H40O8/c1-44-27-12-8-23(9-13-27)37-36-26(18-31(48-5)21-34(36)49-6)19-32-33(43)22-35(50-7)41-39(25-16-29(46-3)20-30(17-25)47-4)38(42(37)40(32)41)24-10-14-28(45-2)15-11-24/h8-22,37-39,42H,1-7H3/t37-,38-,39-,42-/m0/s1. The monoisotopic (exact) mass is 672 g/mol. The van der Waals surface area contributed by atoms with E-state index in [9.17, 15) is 4.79 Å². The minimum absolute atomic E-state index is 0.119. The van der Waals surface area contributed by atoms with E-state index in [0.29, 0.717) is 34.3 Å². The van der Waals surface area contributed by atoms with Crippen LogP contribution in [-0.4, -0.2) is 55.6 Å². The molecule has 0 fully saturated rings. The van der Waals surface area contributed by atoms with Crippen molar-refractivity contribution in [1.29, 1.82) is 0 Å². The molecule has 0 N–H and O–H groups in total. The molecule has 0 saturated carbocycles. The summed E-state index contributed by atoms with van der Waals surface area (Å²) in [6.45, 7) is 0. The van der Waals surface area contributed by atoms with Gasteiger partial charge in [0.25, 0.3) is 0 Å². The highest BCUT2D eigenvalue weighted by molar-refractivity contribution is 6.14. The van der Waals surface area contributed by atoms with Gasteiger partial charge in [0.05, 0.1) is 49.8 Å². The highest BCUT2D eigenvalue weighted by atomic mass is 16.5. The average Bonchev–Trinajstić information content (AvgIpc) is 3.43. The lowest BCUT2D eigenvalue weighted by Crippen LogP contribution is -2.24. The largest absolute Gasteiger partial charge is 0.497 e. The molecule has 0 amide bonds. The summed E-state index contributed by atoms with van der Waals surface area (Å²) in [6.07, 6.45) is 3.62. The van der Waals surface area contributed by atoms with Gasteiger partial charge in [-0.2, -0.15) is 0 Å². The van der Waals surface area contributed by atoms with Gasteiger partial charge in [0.1, 0.15) is 40.3 Å². The number of hydrogen-bond donors (Lipinski definition) is 0. The van der Waals surface area contributed by atoms with Gasteiger partial charge in [-0.3, -0.25) is 4.79 Å². The Morgan fingerprint density at radius 2 is 1.02 bits per heavy atom. The molecule has 0 heterocycles. The van der Waals surface area contributed by atoms with Gasteiger partial charge >= 0.3 is 0 Å². The first-order chi connectivity index (χ1) is 24.4. The summed E-state index contributed by atoms with van der Waals surface area (Å²) in [4.78, 5) is 14.3. The Bertz CT molecular complexity index is 2020. The molecule has 8 heteroatoms. The van der Waals surface area contributed by atoms with Crippen molar-refractivity contribution in [2.24, 2.45) is 5.92 Å². The third-order valence-corrected chi connectivity index (χ3v) is 10.3. The van der Waals surface area contributed by atoms with Crippen molar-refractivity contribution in [2.45, 2.75) is 17.8 Å². The van der Waals surface area contributed by atoms with Crippen LogP contribution in [0.3, 0.4) is 0 Å². The summed E-state index contributed by atoms with van der Waals surface area (Å²) in [5.74, 6) is 3.58. The van der Waals surface area contributed by atoms with Crippen molar-refractivity contribution in [3.8, 4) is 34.5 Å². The fourth-order valence-electron chi connectivity index (χ4n) is 8.11. The van der Waals surface area contributed by atoms with Crippen molar-refractivity contribution in [3.05, 3.63) is 135 Å². The molecule has 8 nitrogen and oxygen atoms in total. The van der Waals surface area contributed by atoms with E-state index < -0.39 is 0 Å². The maximum atomic E-state index is 14.3. The Kier molecular flexibility index (Phi) is 8.78. The van der Waals surface area contributed by atoms with Crippen LogP contribution >= 0.6 is 0 Å². The van der Waals surface area contributed by atoms with E-state index in [1.165, 1.54) is 0 Å².